The molecule has 2 aromatic rings. The smallest absolute Gasteiger partial charge is 0.246 e. The lowest BCUT2D eigenvalue weighted by Gasteiger charge is -2.18. The van der Waals surface area contributed by atoms with Crippen molar-refractivity contribution in [2.45, 2.75) is 11.4 Å². The van der Waals surface area contributed by atoms with Crippen molar-refractivity contribution in [2.75, 3.05) is 40.1 Å². The van der Waals surface area contributed by atoms with E-state index >= 15 is 0 Å². The molecule has 0 aliphatic carbocycles. The van der Waals surface area contributed by atoms with E-state index in [1.54, 1.807) is 24.1 Å². The molecule has 0 atom stereocenters. The van der Waals surface area contributed by atoms with Gasteiger partial charge in [0.05, 0.1) is 13.7 Å². The van der Waals surface area contributed by atoms with Crippen molar-refractivity contribution in [1.29, 1.82) is 0 Å². The van der Waals surface area contributed by atoms with E-state index in [9.17, 15) is 17.6 Å². The zero-order chi connectivity index (χ0) is 21.8. The molecule has 0 aliphatic rings. The Morgan fingerprint density at radius 2 is 1.90 bits per heavy atom. The Labute approximate surface area is 175 Å². The molecule has 1 N–H and O–H groups in total. The van der Waals surface area contributed by atoms with Crippen molar-refractivity contribution in [3.8, 4) is 5.75 Å². The highest BCUT2D eigenvalue weighted by Gasteiger charge is 2.23. The van der Waals surface area contributed by atoms with Crippen LogP contribution in [0.1, 0.15) is 5.56 Å². The fourth-order valence-corrected chi connectivity index (χ4v) is 3.91. The summed E-state index contributed by atoms with van der Waals surface area (Å²) in [6, 6.07) is 8.74. The third-order valence-electron chi connectivity index (χ3n) is 4.11. The summed E-state index contributed by atoms with van der Waals surface area (Å²) in [6.07, 6.45) is 0. The van der Waals surface area contributed by atoms with Gasteiger partial charge in [0, 0.05) is 36.9 Å². The number of likely N-dealkylation sites (N-methyl/N-ethyl adjacent to an activating group) is 1. The standard InChI is InChI=1S/C19H23ClFN3O4S/c1-23(2)29(26,27)18-10-13(8-9-17(18)28-4)22-19(25)12-24(3)11-14-15(20)6-5-7-16(14)21/h5-10H,11-12H2,1-4H3,(H,22,25). The quantitative estimate of drug-likeness (QED) is 0.678. The third kappa shape index (κ3) is 5.66. The molecule has 158 valence electrons. The third-order valence-corrected chi connectivity index (χ3v) is 6.30. The van der Waals surface area contributed by atoms with E-state index in [0.29, 0.717) is 11.3 Å². The molecule has 0 bridgehead atoms. The fourth-order valence-electron chi connectivity index (χ4n) is 2.61. The number of amides is 1. The Kier molecular flexibility index (Phi) is 7.59. The van der Waals surface area contributed by atoms with Gasteiger partial charge in [0.25, 0.3) is 0 Å². The second-order valence-corrected chi connectivity index (χ2v) is 9.10. The summed E-state index contributed by atoms with van der Waals surface area (Å²) < 4.78 is 45.0. The van der Waals surface area contributed by atoms with Crippen molar-refractivity contribution in [3.63, 3.8) is 0 Å². The monoisotopic (exact) mass is 443 g/mol. The number of ether oxygens (including phenoxy) is 1. The molecular formula is C19H23ClFN3O4S. The summed E-state index contributed by atoms with van der Waals surface area (Å²) in [5.74, 6) is -0.667. The number of carbonyl (C=O) groups excluding carboxylic acids is 1. The minimum atomic E-state index is -3.76. The summed E-state index contributed by atoms with van der Waals surface area (Å²) in [5, 5.41) is 2.93. The highest BCUT2D eigenvalue weighted by molar-refractivity contribution is 7.89. The maximum absolute atomic E-state index is 13.9. The Morgan fingerprint density at radius 1 is 1.21 bits per heavy atom. The van der Waals surface area contributed by atoms with Gasteiger partial charge in [-0.15, -0.1) is 0 Å². The molecule has 0 unspecified atom stereocenters. The maximum Gasteiger partial charge on any atom is 0.246 e. The van der Waals surface area contributed by atoms with E-state index in [2.05, 4.69) is 5.32 Å². The summed E-state index contributed by atoms with van der Waals surface area (Å²) in [5.41, 5.74) is 0.599. The predicted octanol–water partition coefficient (Wildman–Crippen LogP) is 2.81. The Morgan fingerprint density at radius 3 is 2.48 bits per heavy atom. The number of anilines is 1. The van der Waals surface area contributed by atoms with E-state index in [-0.39, 0.29) is 28.8 Å². The lowest BCUT2D eigenvalue weighted by Crippen LogP contribution is -2.30. The van der Waals surface area contributed by atoms with Crippen LogP contribution in [0.4, 0.5) is 10.1 Å². The van der Waals surface area contributed by atoms with Gasteiger partial charge in [-0.05, 0) is 37.4 Å². The lowest BCUT2D eigenvalue weighted by atomic mass is 10.2. The summed E-state index contributed by atoms with van der Waals surface area (Å²) in [6.45, 7) is 0.0915. The average molecular weight is 444 g/mol. The van der Waals surface area contributed by atoms with Gasteiger partial charge in [0.15, 0.2) is 0 Å². The zero-order valence-electron chi connectivity index (χ0n) is 16.6. The van der Waals surface area contributed by atoms with Crippen LogP contribution in [0, 0.1) is 5.82 Å². The number of nitrogens with zero attached hydrogens (tertiary/aromatic N) is 2. The van der Waals surface area contributed by atoms with Crippen LogP contribution in [0.5, 0.6) is 5.75 Å². The van der Waals surface area contributed by atoms with Gasteiger partial charge in [0.2, 0.25) is 15.9 Å². The highest BCUT2D eigenvalue weighted by Crippen LogP contribution is 2.29. The second kappa shape index (κ2) is 9.53. The molecule has 0 radical (unpaired) electrons. The minimum Gasteiger partial charge on any atom is -0.495 e. The van der Waals surface area contributed by atoms with Crippen LogP contribution in [0.25, 0.3) is 0 Å². The van der Waals surface area contributed by atoms with Crippen molar-refractivity contribution in [2.24, 2.45) is 0 Å². The normalized spacial score (nSPS) is 11.7. The van der Waals surface area contributed by atoms with Gasteiger partial charge in [-0.3, -0.25) is 9.69 Å². The van der Waals surface area contributed by atoms with Crippen LogP contribution in [0.15, 0.2) is 41.3 Å². The Balaban J connectivity index is 2.13. The largest absolute Gasteiger partial charge is 0.495 e. The number of nitrogens with one attached hydrogen (secondary N) is 1. The lowest BCUT2D eigenvalue weighted by molar-refractivity contribution is -0.117. The van der Waals surface area contributed by atoms with Crippen LogP contribution in [-0.4, -0.2) is 58.3 Å². The molecule has 0 heterocycles. The van der Waals surface area contributed by atoms with Crippen LogP contribution in [-0.2, 0) is 21.4 Å². The summed E-state index contributed by atoms with van der Waals surface area (Å²) in [7, 11) is 2.07. The summed E-state index contributed by atoms with van der Waals surface area (Å²) in [4.78, 5) is 13.9. The Bertz CT molecular complexity index is 979. The van der Waals surface area contributed by atoms with Gasteiger partial charge >= 0.3 is 0 Å². The van der Waals surface area contributed by atoms with Gasteiger partial charge in [-0.25, -0.2) is 17.1 Å². The molecule has 0 aromatic heterocycles. The molecule has 1 amide bonds. The first-order valence-corrected chi connectivity index (χ1v) is 10.4. The van der Waals surface area contributed by atoms with Crippen molar-refractivity contribution in [1.82, 2.24) is 9.21 Å². The van der Waals surface area contributed by atoms with Gasteiger partial charge in [0.1, 0.15) is 16.5 Å². The highest BCUT2D eigenvalue weighted by atomic mass is 35.5. The molecule has 10 heteroatoms. The first-order chi connectivity index (χ1) is 13.6. The average Bonchev–Trinajstić information content (AvgIpc) is 2.64. The van der Waals surface area contributed by atoms with E-state index in [1.807, 2.05) is 0 Å². The van der Waals surface area contributed by atoms with Gasteiger partial charge in [-0.1, -0.05) is 17.7 Å². The van der Waals surface area contributed by atoms with Crippen LogP contribution < -0.4 is 10.1 Å². The van der Waals surface area contributed by atoms with E-state index in [4.69, 9.17) is 16.3 Å². The van der Waals surface area contributed by atoms with Crippen molar-refractivity contribution in [3.05, 3.63) is 52.8 Å². The Hall–Kier alpha value is -2.20. The molecular weight excluding hydrogens is 421 g/mol. The number of halogens is 2. The molecule has 0 saturated heterocycles. The number of rotatable bonds is 8. The molecule has 2 aromatic carbocycles. The first-order valence-electron chi connectivity index (χ1n) is 8.58. The van der Waals surface area contributed by atoms with Gasteiger partial charge in [-0.2, -0.15) is 0 Å². The van der Waals surface area contributed by atoms with E-state index in [0.717, 1.165) is 4.31 Å². The molecule has 0 fully saturated rings. The molecule has 0 spiro atoms. The number of carbonyl (C=O) groups is 1. The maximum atomic E-state index is 13.9. The first kappa shape index (κ1) is 23.1. The van der Waals surface area contributed by atoms with E-state index in [1.165, 1.54) is 45.5 Å². The fraction of sp³-hybridized carbons (Fsp3) is 0.316. The van der Waals surface area contributed by atoms with E-state index < -0.39 is 21.7 Å². The molecule has 7 nitrogen and oxygen atoms in total. The molecule has 29 heavy (non-hydrogen) atoms. The predicted molar refractivity (Wildman–Crippen MR) is 110 cm³/mol. The van der Waals surface area contributed by atoms with Crippen LogP contribution in [0.3, 0.4) is 0 Å². The summed E-state index contributed by atoms with van der Waals surface area (Å²) >= 11 is 6.01. The number of methoxy groups -OCH3 is 1. The second-order valence-electron chi connectivity index (χ2n) is 6.57. The number of sulfonamides is 1. The number of benzene rings is 2. The SMILES string of the molecule is COc1ccc(NC(=O)CN(C)Cc2c(F)cccc2Cl)cc1S(=O)(=O)N(C)C. The molecule has 0 aliphatic heterocycles. The minimum absolute atomic E-state index is 0.0492. The zero-order valence-corrected chi connectivity index (χ0v) is 18.1. The molecule has 2 rings (SSSR count). The topological polar surface area (TPSA) is 79.0 Å². The van der Waals surface area contributed by atoms with Crippen molar-refractivity contribution < 1.29 is 22.3 Å². The molecule has 0 saturated carbocycles. The number of hydrogen-bond acceptors (Lipinski definition) is 5. The van der Waals surface area contributed by atoms with Crippen LogP contribution in [0.2, 0.25) is 5.02 Å². The van der Waals surface area contributed by atoms with Crippen molar-refractivity contribution >= 4 is 33.2 Å². The van der Waals surface area contributed by atoms with Gasteiger partial charge < -0.3 is 10.1 Å². The van der Waals surface area contributed by atoms with Crippen LogP contribution >= 0.6 is 11.6 Å². The number of hydrogen-bond donors (Lipinski definition) is 1.